The van der Waals surface area contributed by atoms with Crippen molar-refractivity contribution in [2.45, 2.75) is 43.3 Å². The molecule has 8 nitrogen and oxygen atoms in total. The zero-order valence-electron chi connectivity index (χ0n) is 21.0. The van der Waals surface area contributed by atoms with Crippen LogP contribution in [0.2, 0.25) is 0 Å². The van der Waals surface area contributed by atoms with Crippen LogP contribution in [0, 0.1) is 0 Å². The summed E-state index contributed by atoms with van der Waals surface area (Å²) in [5, 5.41) is 2.81. The van der Waals surface area contributed by atoms with E-state index in [9.17, 15) is 26.4 Å². The van der Waals surface area contributed by atoms with Crippen molar-refractivity contribution < 1.29 is 40.6 Å². The van der Waals surface area contributed by atoms with E-state index in [2.05, 4.69) is 10.1 Å². The van der Waals surface area contributed by atoms with Gasteiger partial charge in [0.1, 0.15) is 29.9 Å². The van der Waals surface area contributed by atoms with Crippen LogP contribution in [0.1, 0.15) is 24.0 Å². The van der Waals surface area contributed by atoms with Crippen LogP contribution in [0.3, 0.4) is 0 Å². The van der Waals surface area contributed by atoms with E-state index < -0.39 is 28.3 Å². The molecule has 0 saturated carbocycles. The highest BCUT2D eigenvalue weighted by atomic mass is 32.2. The molecule has 0 spiro atoms. The van der Waals surface area contributed by atoms with Crippen molar-refractivity contribution in [1.29, 1.82) is 0 Å². The molecular formula is C27H27F3N2O6S. The van der Waals surface area contributed by atoms with E-state index in [0.29, 0.717) is 29.9 Å². The largest absolute Gasteiger partial charge is 0.573 e. The van der Waals surface area contributed by atoms with Crippen LogP contribution in [-0.4, -0.2) is 44.7 Å². The third kappa shape index (κ3) is 7.42. The topological polar surface area (TPSA) is 94.2 Å². The molecule has 3 aromatic carbocycles. The molecule has 1 fully saturated rings. The minimum Gasteiger partial charge on any atom is -0.497 e. The summed E-state index contributed by atoms with van der Waals surface area (Å²) in [6, 6.07) is 17.5. The number of carbonyl (C=O) groups is 1. The summed E-state index contributed by atoms with van der Waals surface area (Å²) in [7, 11) is -2.37. The second-order valence-corrected chi connectivity index (χ2v) is 10.7. The Labute approximate surface area is 224 Å². The Kier molecular flexibility index (Phi) is 8.66. The molecule has 1 aliphatic heterocycles. The fourth-order valence-electron chi connectivity index (χ4n) is 4.18. The smallest absolute Gasteiger partial charge is 0.497 e. The predicted molar refractivity (Wildman–Crippen MR) is 136 cm³/mol. The molecule has 0 bridgehead atoms. The number of ether oxygens (including phenoxy) is 3. The lowest BCUT2D eigenvalue weighted by molar-refractivity contribution is -0.274. The molecule has 0 aromatic heterocycles. The normalized spacial score (nSPS) is 16.1. The number of nitrogens with one attached hydrogen (secondary N) is 1. The highest BCUT2D eigenvalue weighted by Gasteiger charge is 2.39. The number of carbonyl (C=O) groups excluding carboxylic acids is 1. The quantitative estimate of drug-likeness (QED) is 0.386. The molecule has 1 atom stereocenters. The minimum absolute atomic E-state index is 0.0929. The fraction of sp³-hybridized carbons (Fsp3) is 0.296. The van der Waals surface area contributed by atoms with Gasteiger partial charge < -0.3 is 19.5 Å². The van der Waals surface area contributed by atoms with Crippen molar-refractivity contribution in [1.82, 2.24) is 9.62 Å². The van der Waals surface area contributed by atoms with Crippen molar-refractivity contribution in [3.05, 3.63) is 83.9 Å². The van der Waals surface area contributed by atoms with Crippen molar-refractivity contribution >= 4 is 15.9 Å². The lowest BCUT2D eigenvalue weighted by Gasteiger charge is -2.23. The van der Waals surface area contributed by atoms with Gasteiger partial charge in [-0.25, -0.2) is 8.42 Å². The lowest BCUT2D eigenvalue weighted by atomic mass is 10.2. The van der Waals surface area contributed by atoms with Crippen LogP contribution in [-0.2, 0) is 28.0 Å². The van der Waals surface area contributed by atoms with Gasteiger partial charge in [-0.15, -0.1) is 13.2 Å². The average molecular weight is 565 g/mol. The summed E-state index contributed by atoms with van der Waals surface area (Å²) < 4.78 is 79.2. The van der Waals surface area contributed by atoms with E-state index in [1.807, 2.05) is 0 Å². The molecule has 0 radical (unpaired) electrons. The zero-order valence-corrected chi connectivity index (χ0v) is 21.8. The van der Waals surface area contributed by atoms with Gasteiger partial charge in [0.25, 0.3) is 0 Å². The first-order valence-electron chi connectivity index (χ1n) is 12.1. The fourth-order valence-corrected chi connectivity index (χ4v) is 5.84. The molecule has 1 heterocycles. The van der Waals surface area contributed by atoms with E-state index in [-0.39, 0.29) is 30.3 Å². The first-order chi connectivity index (χ1) is 18.5. The van der Waals surface area contributed by atoms with E-state index in [0.717, 1.165) is 5.56 Å². The van der Waals surface area contributed by atoms with Crippen LogP contribution in [0.4, 0.5) is 13.2 Å². The van der Waals surface area contributed by atoms with Gasteiger partial charge in [0.2, 0.25) is 15.9 Å². The summed E-state index contributed by atoms with van der Waals surface area (Å²) in [6.07, 6.45) is -3.77. The van der Waals surface area contributed by atoms with E-state index in [1.54, 1.807) is 36.4 Å². The Balaban J connectivity index is 1.33. The third-order valence-corrected chi connectivity index (χ3v) is 8.02. The second-order valence-electron chi connectivity index (χ2n) is 8.79. The number of methoxy groups -OCH3 is 1. The standard InChI is InChI=1S/C27H27F3N2O6S/c1-36-21-11-13-24(14-12-21)39(34,35)32-15-3-6-25(32)26(33)31-17-20-4-2-5-23(16-20)37-18-19-7-9-22(10-8-19)38-27(28,29)30/h2,4-5,7-14,16,25H,3,6,15,17-18H2,1H3,(H,31,33)/t25-/m0/s1. The summed E-state index contributed by atoms with van der Waals surface area (Å²) in [5.74, 6) is 0.324. The number of hydrogen-bond acceptors (Lipinski definition) is 6. The number of amides is 1. The molecule has 1 aliphatic rings. The molecule has 208 valence electrons. The number of sulfonamides is 1. The summed E-state index contributed by atoms with van der Waals surface area (Å²) >= 11 is 0. The lowest BCUT2D eigenvalue weighted by Crippen LogP contribution is -2.45. The maximum Gasteiger partial charge on any atom is 0.573 e. The van der Waals surface area contributed by atoms with Crippen LogP contribution >= 0.6 is 0 Å². The number of nitrogens with zero attached hydrogens (tertiary/aromatic N) is 1. The van der Waals surface area contributed by atoms with E-state index in [1.165, 1.54) is 47.8 Å². The summed E-state index contributed by atoms with van der Waals surface area (Å²) in [6.45, 7) is 0.522. The Morgan fingerprint density at radius 3 is 2.33 bits per heavy atom. The molecular weight excluding hydrogens is 537 g/mol. The van der Waals surface area contributed by atoms with Crippen LogP contribution in [0.15, 0.2) is 77.7 Å². The molecule has 3 aromatic rings. The monoisotopic (exact) mass is 564 g/mol. The van der Waals surface area contributed by atoms with Crippen LogP contribution < -0.4 is 19.5 Å². The molecule has 1 saturated heterocycles. The predicted octanol–water partition coefficient (Wildman–Crippen LogP) is 4.64. The Hall–Kier alpha value is -3.77. The molecule has 0 aliphatic carbocycles. The van der Waals surface area contributed by atoms with Crippen LogP contribution in [0.25, 0.3) is 0 Å². The minimum atomic E-state index is -4.76. The number of halogens is 3. The Bertz CT molecular complexity index is 1380. The van der Waals surface area contributed by atoms with Gasteiger partial charge in [-0.3, -0.25) is 4.79 Å². The van der Waals surface area contributed by atoms with Gasteiger partial charge in [-0.1, -0.05) is 24.3 Å². The number of alkyl halides is 3. The molecule has 0 unspecified atom stereocenters. The van der Waals surface area contributed by atoms with Gasteiger partial charge >= 0.3 is 6.36 Å². The summed E-state index contributed by atoms with van der Waals surface area (Å²) in [5.41, 5.74) is 1.37. The molecule has 39 heavy (non-hydrogen) atoms. The highest BCUT2D eigenvalue weighted by Crippen LogP contribution is 2.28. The number of benzene rings is 3. The number of hydrogen-bond donors (Lipinski definition) is 1. The highest BCUT2D eigenvalue weighted by molar-refractivity contribution is 7.89. The van der Waals surface area contributed by atoms with Crippen molar-refractivity contribution in [2.24, 2.45) is 0 Å². The van der Waals surface area contributed by atoms with E-state index in [4.69, 9.17) is 9.47 Å². The first-order valence-corrected chi connectivity index (χ1v) is 13.5. The molecule has 4 rings (SSSR count). The van der Waals surface area contributed by atoms with Gasteiger partial charge in [0.15, 0.2) is 0 Å². The number of rotatable bonds is 10. The maximum absolute atomic E-state index is 13.2. The van der Waals surface area contributed by atoms with Crippen molar-refractivity contribution in [3.63, 3.8) is 0 Å². The van der Waals surface area contributed by atoms with Crippen molar-refractivity contribution in [3.8, 4) is 17.2 Å². The zero-order chi connectivity index (χ0) is 28.0. The average Bonchev–Trinajstić information content (AvgIpc) is 3.42. The maximum atomic E-state index is 13.2. The van der Waals surface area contributed by atoms with Gasteiger partial charge in [-0.2, -0.15) is 4.31 Å². The van der Waals surface area contributed by atoms with Gasteiger partial charge in [0, 0.05) is 13.1 Å². The second kappa shape index (κ2) is 12.0. The van der Waals surface area contributed by atoms with Crippen LogP contribution in [0.5, 0.6) is 17.2 Å². The van der Waals surface area contributed by atoms with Crippen molar-refractivity contribution in [2.75, 3.05) is 13.7 Å². The van der Waals surface area contributed by atoms with Gasteiger partial charge in [-0.05, 0) is 72.5 Å². The van der Waals surface area contributed by atoms with Gasteiger partial charge in [0.05, 0.1) is 12.0 Å². The first kappa shape index (κ1) is 28.2. The Morgan fingerprint density at radius 1 is 0.974 bits per heavy atom. The van der Waals surface area contributed by atoms with E-state index >= 15 is 0 Å². The third-order valence-electron chi connectivity index (χ3n) is 6.10. The SMILES string of the molecule is COc1ccc(S(=O)(=O)N2CCC[C@H]2C(=O)NCc2cccc(OCc3ccc(OC(F)(F)F)cc3)c2)cc1. The Morgan fingerprint density at radius 2 is 1.67 bits per heavy atom. The molecule has 1 N–H and O–H groups in total. The molecule has 12 heteroatoms. The molecule has 1 amide bonds. The summed E-state index contributed by atoms with van der Waals surface area (Å²) in [4.78, 5) is 13.1.